The molecule has 26 heavy (non-hydrogen) atoms. The molecule has 0 saturated carbocycles. The summed E-state index contributed by atoms with van der Waals surface area (Å²) in [4.78, 5) is 18.1. The minimum Gasteiger partial charge on any atom is -0.369 e. The van der Waals surface area contributed by atoms with E-state index >= 15 is 0 Å². The third-order valence-electron chi connectivity index (χ3n) is 4.63. The van der Waals surface area contributed by atoms with E-state index in [1.807, 2.05) is 31.1 Å². The van der Waals surface area contributed by atoms with Crippen molar-refractivity contribution in [2.45, 2.75) is 12.6 Å². The van der Waals surface area contributed by atoms with Crippen LogP contribution in [0.15, 0.2) is 48.8 Å². The normalized spacial score (nSPS) is 18.2. The number of aromatic nitrogens is 3. The van der Waals surface area contributed by atoms with E-state index in [-0.39, 0.29) is 6.10 Å². The zero-order chi connectivity index (χ0) is 17.9. The topological polar surface area (TPSA) is 54.4 Å². The standard InChI is InChI=1S/C20H23N5O/c1-24(2)20-19(21-9-10-22-20)18-14-25(11-12-26-18)13-16-8-7-15-5-3-4-6-17(15)23-16/h3-10,18H,11-14H2,1-2H3/t18-/m0/s1. The highest BCUT2D eigenvalue weighted by molar-refractivity contribution is 5.78. The zero-order valence-electron chi connectivity index (χ0n) is 15.2. The Kier molecular flexibility index (Phi) is 4.77. The summed E-state index contributed by atoms with van der Waals surface area (Å²) in [5.41, 5.74) is 3.02. The van der Waals surface area contributed by atoms with Crippen molar-refractivity contribution in [3.05, 3.63) is 60.2 Å². The molecule has 6 heteroatoms. The molecule has 3 aromatic rings. The summed E-state index contributed by atoms with van der Waals surface area (Å²) in [7, 11) is 3.96. The van der Waals surface area contributed by atoms with Gasteiger partial charge in [0.05, 0.1) is 17.8 Å². The zero-order valence-corrected chi connectivity index (χ0v) is 15.2. The number of benzene rings is 1. The molecular formula is C20H23N5O. The molecule has 1 atom stereocenters. The summed E-state index contributed by atoms with van der Waals surface area (Å²) in [5.74, 6) is 0.864. The summed E-state index contributed by atoms with van der Waals surface area (Å²) < 4.78 is 6.00. The molecule has 134 valence electrons. The Morgan fingerprint density at radius 2 is 1.96 bits per heavy atom. The smallest absolute Gasteiger partial charge is 0.152 e. The fourth-order valence-corrected chi connectivity index (χ4v) is 3.35. The number of nitrogens with zero attached hydrogens (tertiary/aromatic N) is 5. The van der Waals surface area contributed by atoms with Crippen LogP contribution in [0.25, 0.3) is 10.9 Å². The van der Waals surface area contributed by atoms with Gasteiger partial charge in [0.2, 0.25) is 0 Å². The fourth-order valence-electron chi connectivity index (χ4n) is 3.35. The lowest BCUT2D eigenvalue weighted by Gasteiger charge is -2.33. The largest absolute Gasteiger partial charge is 0.369 e. The molecule has 0 aliphatic carbocycles. The second kappa shape index (κ2) is 7.35. The minimum absolute atomic E-state index is 0.0738. The molecule has 1 aliphatic heterocycles. The number of morpholine rings is 1. The number of pyridine rings is 1. The SMILES string of the molecule is CN(C)c1nccnc1[C@@H]1CN(Cc2ccc3ccccc3n2)CCO1. The predicted molar refractivity (Wildman–Crippen MR) is 102 cm³/mol. The molecule has 1 aromatic carbocycles. The fraction of sp³-hybridized carbons (Fsp3) is 0.350. The van der Waals surface area contributed by atoms with E-state index in [4.69, 9.17) is 9.72 Å². The number of ether oxygens (including phenoxy) is 1. The highest BCUT2D eigenvalue weighted by Gasteiger charge is 2.26. The van der Waals surface area contributed by atoms with Crippen molar-refractivity contribution in [3.8, 4) is 0 Å². The van der Waals surface area contributed by atoms with Crippen molar-refractivity contribution in [3.63, 3.8) is 0 Å². The summed E-state index contributed by atoms with van der Waals surface area (Å²) in [6.45, 7) is 3.17. The van der Waals surface area contributed by atoms with Gasteiger partial charge >= 0.3 is 0 Å². The van der Waals surface area contributed by atoms with Gasteiger partial charge in [0.1, 0.15) is 11.8 Å². The molecule has 0 amide bonds. The second-order valence-electron chi connectivity index (χ2n) is 6.75. The third-order valence-corrected chi connectivity index (χ3v) is 4.63. The summed E-state index contributed by atoms with van der Waals surface area (Å²) in [6.07, 6.45) is 3.38. The number of rotatable bonds is 4. The van der Waals surface area contributed by atoms with Crippen LogP contribution in [0.5, 0.6) is 0 Å². The van der Waals surface area contributed by atoms with E-state index in [1.54, 1.807) is 12.4 Å². The Labute approximate surface area is 153 Å². The molecule has 4 rings (SSSR count). The van der Waals surface area contributed by atoms with Crippen molar-refractivity contribution in [1.29, 1.82) is 0 Å². The number of hydrogen-bond donors (Lipinski definition) is 0. The van der Waals surface area contributed by atoms with E-state index in [1.165, 1.54) is 5.39 Å². The molecule has 1 fully saturated rings. The molecule has 0 N–H and O–H groups in total. The van der Waals surface area contributed by atoms with Crippen LogP contribution in [0.2, 0.25) is 0 Å². The van der Waals surface area contributed by atoms with Gasteiger partial charge in [0.15, 0.2) is 5.82 Å². The molecule has 2 aromatic heterocycles. The Bertz CT molecular complexity index is 898. The van der Waals surface area contributed by atoms with Gasteiger partial charge < -0.3 is 9.64 Å². The molecule has 0 radical (unpaired) electrons. The molecule has 0 unspecified atom stereocenters. The van der Waals surface area contributed by atoms with Gasteiger partial charge in [-0.1, -0.05) is 24.3 Å². The lowest BCUT2D eigenvalue weighted by molar-refractivity contribution is -0.0351. The van der Waals surface area contributed by atoms with Gasteiger partial charge in [-0.05, 0) is 12.1 Å². The second-order valence-corrected chi connectivity index (χ2v) is 6.75. The molecule has 0 bridgehead atoms. The quantitative estimate of drug-likeness (QED) is 0.722. The number of para-hydroxylation sites is 1. The van der Waals surface area contributed by atoms with Gasteiger partial charge in [0, 0.05) is 51.5 Å². The van der Waals surface area contributed by atoms with Crippen LogP contribution in [0.1, 0.15) is 17.5 Å². The Balaban J connectivity index is 1.51. The van der Waals surface area contributed by atoms with Crippen molar-refractivity contribution in [2.75, 3.05) is 38.7 Å². The maximum atomic E-state index is 6.00. The van der Waals surface area contributed by atoms with Crippen molar-refractivity contribution >= 4 is 16.7 Å². The van der Waals surface area contributed by atoms with E-state index in [0.717, 1.165) is 42.4 Å². The lowest BCUT2D eigenvalue weighted by atomic mass is 10.1. The Morgan fingerprint density at radius 1 is 1.12 bits per heavy atom. The summed E-state index contributed by atoms with van der Waals surface area (Å²) >= 11 is 0. The van der Waals surface area contributed by atoms with Crippen molar-refractivity contribution in [1.82, 2.24) is 19.9 Å². The first-order valence-corrected chi connectivity index (χ1v) is 8.87. The highest BCUT2D eigenvalue weighted by atomic mass is 16.5. The highest BCUT2D eigenvalue weighted by Crippen LogP contribution is 2.27. The van der Waals surface area contributed by atoms with Crippen molar-refractivity contribution in [2.24, 2.45) is 0 Å². The van der Waals surface area contributed by atoms with Gasteiger partial charge in [0.25, 0.3) is 0 Å². The average Bonchev–Trinajstić information content (AvgIpc) is 2.68. The van der Waals surface area contributed by atoms with E-state index in [2.05, 4.69) is 39.1 Å². The van der Waals surface area contributed by atoms with Crippen LogP contribution in [0.3, 0.4) is 0 Å². The monoisotopic (exact) mass is 349 g/mol. The molecule has 0 spiro atoms. The minimum atomic E-state index is -0.0738. The van der Waals surface area contributed by atoms with Gasteiger partial charge in [-0.2, -0.15) is 0 Å². The van der Waals surface area contributed by atoms with Gasteiger partial charge in [-0.15, -0.1) is 0 Å². The molecule has 6 nitrogen and oxygen atoms in total. The van der Waals surface area contributed by atoms with Gasteiger partial charge in [-0.3, -0.25) is 14.9 Å². The number of fused-ring (bicyclic) bond motifs is 1. The van der Waals surface area contributed by atoms with Crippen LogP contribution in [-0.2, 0) is 11.3 Å². The first-order valence-electron chi connectivity index (χ1n) is 8.87. The maximum Gasteiger partial charge on any atom is 0.152 e. The predicted octanol–water partition coefficient (Wildman–Crippen LogP) is 2.66. The van der Waals surface area contributed by atoms with Crippen LogP contribution in [-0.4, -0.2) is 53.6 Å². The van der Waals surface area contributed by atoms with Crippen LogP contribution >= 0.6 is 0 Å². The molecule has 1 saturated heterocycles. The van der Waals surface area contributed by atoms with Crippen LogP contribution < -0.4 is 4.90 Å². The van der Waals surface area contributed by atoms with Crippen molar-refractivity contribution < 1.29 is 4.74 Å². The average molecular weight is 349 g/mol. The van der Waals surface area contributed by atoms with E-state index in [9.17, 15) is 0 Å². The summed E-state index contributed by atoms with van der Waals surface area (Å²) in [5, 5.41) is 1.17. The van der Waals surface area contributed by atoms with Gasteiger partial charge in [-0.25, -0.2) is 4.98 Å². The first kappa shape index (κ1) is 16.9. The Morgan fingerprint density at radius 3 is 2.85 bits per heavy atom. The van der Waals surface area contributed by atoms with E-state index < -0.39 is 0 Å². The number of anilines is 1. The molecule has 3 heterocycles. The molecule has 1 aliphatic rings. The van der Waals surface area contributed by atoms with Crippen LogP contribution in [0, 0.1) is 0 Å². The maximum absolute atomic E-state index is 6.00. The Hall–Kier alpha value is -2.57. The summed E-state index contributed by atoms with van der Waals surface area (Å²) in [6, 6.07) is 12.5. The first-order chi connectivity index (χ1) is 12.7. The molecular weight excluding hydrogens is 326 g/mol. The van der Waals surface area contributed by atoms with Crippen LogP contribution in [0.4, 0.5) is 5.82 Å². The number of hydrogen-bond acceptors (Lipinski definition) is 6. The third kappa shape index (κ3) is 3.52. The lowest BCUT2D eigenvalue weighted by Crippen LogP contribution is -2.38. The van der Waals surface area contributed by atoms with E-state index in [0.29, 0.717) is 6.61 Å².